The summed E-state index contributed by atoms with van der Waals surface area (Å²) in [5, 5.41) is 8.87. The number of nitrogens with one attached hydrogen (secondary N) is 1. The highest BCUT2D eigenvalue weighted by Crippen LogP contribution is 2.21. The van der Waals surface area contributed by atoms with Crippen molar-refractivity contribution in [2.24, 2.45) is 0 Å². The number of rotatable bonds is 7. The Morgan fingerprint density at radius 3 is 2.43 bits per heavy atom. The van der Waals surface area contributed by atoms with E-state index in [1.54, 1.807) is 6.92 Å². The van der Waals surface area contributed by atoms with Crippen molar-refractivity contribution in [1.29, 1.82) is 0 Å². The van der Waals surface area contributed by atoms with Gasteiger partial charge in [0.25, 0.3) is 5.91 Å². The fraction of sp³-hybridized carbons (Fsp3) is 0.500. The second-order valence-electron chi connectivity index (χ2n) is 4.96. The molecule has 1 rings (SSSR count). The van der Waals surface area contributed by atoms with Gasteiger partial charge in [-0.05, 0) is 18.9 Å². The molecule has 0 atom stereocenters. The number of carbonyl (C=O) groups excluding carboxylic acids is 1. The molecule has 0 bridgehead atoms. The highest BCUT2D eigenvalue weighted by Gasteiger charge is 2.27. The first kappa shape index (κ1) is 18.7. The Morgan fingerprint density at radius 2 is 1.91 bits per heavy atom. The largest absolute Gasteiger partial charge is 0.477 e. The summed E-state index contributed by atoms with van der Waals surface area (Å²) in [7, 11) is 0. The van der Waals surface area contributed by atoms with E-state index in [4.69, 9.17) is 5.11 Å². The number of alkyl halides is 3. The average molecular weight is 334 g/mol. The van der Waals surface area contributed by atoms with Gasteiger partial charge >= 0.3 is 12.1 Å². The number of nitrogens with zero attached hydrogens (tertiary/aromatic N) is 1. The van der Waals surface area contributed by atoms with Gasteiger partial charge < -0.3 is 15.0 Å². The summed E-state index contributed by atoms with van der Waals surface area (Å²) in [5.41, 5.74) is -1.38. The molecule has 0 aliphatic rings. The molecule has 128 valence electrons. The molecule has 0 unspecified atom stereocenters. The summed E-state index contributed by atoms with van der Waals surface area (Å²) < 4.78 is 36.6. The van der Waals surface area contributed by atoms with Crippen LogP contribution in [0.5, 0.6) is 0 Å². The van der Waals surface area contributed by atoms with E-state index in [9.17, 15) is 27.6 Å². The second-order valence-corrected chi connectivity index (χ2v) is 4.96. The fourth-order valence-electron chi connectivity index (χ4n) is 2.02. The van der Waals surface area contributed by atoms with Crippen LogP contribution in [-0.4, -0.2) is 46.1 Å². The van der Waals surface area contributed by atoms with Crippen LogP contribution in [-0.2, 0) is 0 Å². The topological polar surface area (TPSA) is 90.5 Å². The van der Waals surface area contributed by atoms with Crippen LogP contribution >= 0.6 is 0 Å². The minimum absolute atomic E-state index is 0.124. The third-order valence-electron chi connectivity index (χ3n) is 2.99. The summed E-state index contributed by atoms with van der Waals surface area (Å²) in [6.07, 6.45) is -5.06. The number of hydrogen-bond donors (Lipinski definition) is 2. The lowest BCUT2D eigenvalue weighted by molar-refractivity contribution is -0.135. The molecular weight excluding hydrogens is 317 g/mol. The maximum absolute atomic E-state index is 12.3. The summed E-state index contributed by atoms with van der Waals surface area (Å²) in [6.45, 7) is 1.85. The van der Waals surface area contributed by atoms with Crippen LogP contribution in [0.2, 0.25) is 0 Å². The Balaban J connectivity index is 2.93. The number of aromatic carboxylic acids is 1. The Morgan fingerprint density at radius 1 is 1.26 bits per heavy atom. The van der Waals surface area contributed by atoms with Gasteiger partial charge in [-0.3, -0.25) is 9.59 Å². The second kappa shape index (κ2) is 7.80. The van der Waals surface area contributed by atoms with Crippen LogP contribution in [0.25, 0.3) is 0 Å². The molecule has 2 N–H and O–H groups in total. The Hall–Kier alpha value is -2.32. The molecule has 0 aromatic carbocycles. The maximum atomic E-state index is 12.3. The fourth-order valence-corrected chi connectivity index (χ4v) is 2.02. The molecule has 0 fully saturated rings. The summed E-state index contributed by atoms with van der Waals surface area (Å²) in [5.74, 6) is -2.07. The van der Waals surface area contributed by atoms with Crippen molar-refractivity contribution >= 4 is 11.9 Å². The van der Waals surface area contributed by atoms with E-state index < -0.39 is 35.7 Å². The van der Waals surface area contributed by atoms with Gasteiger partial charge in [0, 0.05) is 31.1 Å². The molecular formula is C14H17F3N2O4. The molecule has 1 aromatic rings. The van der Waals surface area contributed by atoms with Crippen molar-refractivity contribution in [3.63, 3.8) is 0 Å². The number of pyridine rings is 1. The number of aromatic amines is 1. The van der Waals surface area contributed by atoms with E-state index in [2.05, 4.69) is 4.98 Å². The van der Waals surface area contributed by atoms with Crippen LogP contribution in [0, 0.1) is 0 Å². The summed E-state index contributed by atoms with van der Waals surface area (Å²) in [4.78, 5) is 37.9. The van der Waals surface area contributed by atoms with Gasteiger partial charge in [0.1, 0.15) is 5.69 Å². The van der Waals surface area contributed by atoms with Crippen molar-refractivity contribution in [1.82, 2.24) is 9.88 Å². The van der Waals surface area contributed by atoms with Crippen LogP contribution in [0.4, 0.5) is 13.2 Å². The first-order valence-corrected chi connectivity index (χ1v) is 6.97. The summed E-state index contributed by atoms with van der Waals surface area (Å²) in [6, 6.07) is 1.93. The molecule has 0 saturated carbocycles. The lowest BCUT2D eigenvalue weighted by atomic mass is 10.1. The molecule has 1 aromatic heterocycles. The number of carboxylic acids is 1. The highest BCUT2D eigenvalue weighted by molar-refractivity contribution is 5.96. The van der Waals surface area contributed by atoms with E-state index in [-0.39, 0.29) is 25.1 Å². The van der Waals surface area contributed by atoms with Gasteiger partial charge in [0.15, 0.2) is 0 Å². The molecule has 0 saturated heterocycles. The number of halogens is 3. The van der Waals surface area contributed by atoms with Crippen molar-refractivity contribution in [3.8, 4) is 0 Å². The molecule has 0 radical (unpaired) electrons. The van der Waals surface area contributed by atoms with Crippen molar-refractivity contribution < 1.29 is 27.9 Å². The van der Waals surface area contributed by atoms with Gasteiger partial charge in [-0.15, -0.1) is 0 Å². The average Bonchev–Trinajstić information content (AvgIpc) is 2.43. The number of carbonyl (C=O) groups is 2. The molecule has 0 aliphatic heterocycles. The number of H-pyrrole nitrogens is 1. The predicted molar refractivity (Wildman–Crippen MR) is 75.5 cm³/mol. The zero-order valence-corrected chi connectivity index (χ0v) is 12.4. The molecule has 1 heterocycles. The predicted octanol–water partition coefficient (Wildman–Crippen LogP) is 2.27. The SMILES string of the molecule is CCCN(CCCC(F)(F)F)C(=O)c1cc(C(=O)O)[nH]c(=O)c1. The first-order chi connectivity index (χ1) is 10.6. The lowest BCUT2D eigenvalue weighted by Crippen LogP contribution is -2.34. The van der Waals surface area contributed by atoms with Crippen molar-refractivity contribution in [3.05, 3.63) is 33.7 Å². The van der Waals surface area contributed by atoms with Crippen LogP contribution < -0.4 is 5.56 Å². The summed E-state index contributed by atoms with van der Waals surface area (Å²) >= 11 is 0. The standard InChI is InChI=1S/C14H17F3N2O4/c1-2-5-19(6-3-4-14(15,16)17)12(21)9-7-10(13(22)23)18-11(20)8-9/h7-8H,2-6H2,1H3,(H,18,20)(H,22,23). The number of hydrogen-bond acceptors (Lipinski definition) is 3. The van der Waals surface area contributed by atoms with Crippen LogP contribution in [0.3, 0.4) is 0 Å². The Labute approximate surface area is 129 Å². The van der Waals surface area contributed by atoms with E-state index in [0.29, 0.717) is 6.42 Å². The first-order valence-electron chi connectivity index (χ1n) is 6.97. The quantitative estimate of drug-likeness (QED) is 0.800. The van der Waals surface area contributed by atoms with Crippen molar-refractivity contribution in [2.75, 3.05) is 13.1 Å². The molecule has 23 heavy (non-hydrogen) atoms. The molecule has 0 spiro atoms. The molecule has 6 nitrogen and oxygen atoms in total. The van der Waals surface area contributed by atoms with Gasteiger partial charge in [0.05, 0.1) is 0 Å². The smallest absolute Gasteiger partial charge is 0.389 e. The zero-order valence-electron chi connectivity index (χ0n) is 12.4. The molecule has 0 aliphatic carbocycles. The minimum atomic E-state index is -4.30. The van der Waals surface area contributed by atoms with Gasteiger partial charge in [-0.2, -0.15) is 13.2 Å². The van der Waals surface area contributed by atoms with Crippen LogP contribution in [0.1, 0.15) is 47.0 Å². The number of aromatic nitrogens is 1. The minimum Gasteiger partial charge on any atom is -0.477 e. The zero-order chi connectivity index (χ0) is 17.6. The Bertz CT molecular complexity index is 625. The molecule has 1 amide bonds. The van der Waals surface area contributed by atoms with Crippen LogP contribution in [0.15, 0.2) is 16.9 Å². The third kappa shape index (κ3) is 6.13. The van der Waals surface area contributed by atoms with E-state index in [1.807, 2.05) is 0 Å². The number of carboxylic acid groups (broad SMARTS) is 1. The van der Waals surface area contributed by atoms with Gasteiger partial charge in [-0.25, -0.2) is 4.79 Å². The monoisotopic (exact) mass is 334 g/mol. The van der Waals surface area contributed by atoms with Gasteiger partial charge in [0.2, 0.25) is 5.56 Å². The van der Waals surface area contributed by atoms with Gasteiger partial charge in [-0.1, -0.05) is 6.92 Å². The van der Waals surface area contributed by atoms with E-state index >= 15 is 0 Å². The lowest BCUT2D eigenvalue weighted by Gasteiger charge is -2.22. The van der Waals surface area contributed by atoms with Crippen molar-refractivity contribution in [2.45, 2.75) is 32.4 Å². The third-order valence-corrected chi connectivity index (χ3v) is 2.99. The number of amides is 1. The van der Waals surface area contributed by atoms with E-state index in [1.165, 1.54) is 4.90 Å². The highest BCUT2D eigenvalue weighted by atomic mass is 19.4. The van der Waals surface area contributed by atoms with E-state index in [0.717, 1.165) is 12.1 Å². The normalized spacial score (nSPS) is 11.3. The molecule has 9 heteroatoms. The Kier molecular flexibility index (Phi) is 6.35. The maximum Gasteiger partial charge on any atom is 0.389 e.